The van der Waals surface area contributed by atoms with Crippen molar-refractivity contribution in [1.29, 1.82) is 0 Å². The molecule has 0 bridgehead atoms. The van der Waals surface area contributed by atoms with Gasteiger partial charge in [0, 0.05) is 22.5 Å². The zero-order chi connectivity index (χ0) is 16.0. The summed E-state index contributed by atoms with van der Waals surface area (Å²) in [5.41, 5.74) is 2.91. The first kappa shape index (κ1) is 14.2. The highest BCUT2D eigenvalue weighted by Gasteiger charge is 2.15. The third-order valence-corrected chi connectivity index (χ3v) is 5.65. The van der Waals surface area contributed by atoms with Crippen LogP contribution in [0, 0.1) is 12.7 Å². The van der Waals surface area contributed by atoms with Gasteiger partial charge in [-0.05, 0) is 30.7 Å². The van der Waals surface area contributed by atoms with Crippen LogP contribution in [-0.4, -0.2) is 7.05 Å². The van der Waals surface area contributed by atoms with Crippen molar-refractivity contribution in [3.8, 4) is 0 Å². The van der Waals surface area contributed by atoms with Crippen LogP contribution in [0.4, 0.5) is 15.8 Å². The average molecular weight is 321 g/mol. The van der Waals surface area contributed by atoms with Crippen molar-refractivity contribution in [2.75, 3.05) is 11.9 Å². The van der Waals surface area contributed by atoms with Crippen molar-refractivity contribution in [2.45, 2.75) is 6.92 Å². The van der Waals surface area contributed by atoms with Gasteiger partial charge < -0.3 is 4.90 Å². The lowest BCUT2D eigenvalue weighted by Gasteiger charge is -2.20. The second kappa shape index (κ2) is 5.36. The van der Waals surface area contributed by atoms with Crippen LogP contribution in [0.15, 0.2) is 60.7 Å². The van der Waals surface area contributed by atoms with Crippen LogP contribution >= 0.6 is 11.3 Å². The van der Waals surface area contributed by atoms with Gasteiger partial charge in [-0.3, -0.25) is 0 Å². The lowest BCUT2D eigenvalue weighted by atomic mass is 10.1. The van der Waals surface area contributed by atoms with Crippen molar-refractivity contribution in [3.05, 3.63) is 72.0 Å². The number of nitrogens with zero attached hydrogens (tertiary/aromatic N) is 1. The Kier molecular flexibility index (Phi) is 3.31. The second-order valence-electron chi connectivity index (χ2n) is 5.72. The lowest BCUT2D eigenvalue weighted by Crippen LogP contribution is -2.11. The van der Waals surface area contributed by atoms with Crippen LogP contribution < -0.4 is 4.90 Å². The molecule has 0 atom stereocenters. The Morgan fingerprint density at radius 1 is 0.783 bits per heavy atom. The van der Waals surface area contributed by atoms with Gasteiger partial charge in [-0.15, -0.1) is 11.3 Å². The Balaban J connectivity index is 1.99. The molecule has 4 rings (SSSR count). The molecule has 0 saturated heterocycles. The topological polar surface area (TPSA) is 3.24 Å². The maximum Gasteiger partial charge on any atom is 0.146 e. The van der Waals surface area contributed by atoms with E-state index in [9.17, 15) is 4.39 Å². The van der Waals surface area contributed by atoms with Gasteiger partial charge in [-0.1, -0.05) is 42.5 Å². The molecule has 114 valence electrons. The van der Waals surface area contributed by atoms with Gasteiger partial charge in [0.2, 0.25) is 0 Å². The molecule has 4 aromatic rings. The summed E-state index contributed by atoms with van der Waals surface area (Å²) in [7, 11) is 1.92. The minimum Gasteiger partial charge on any atom is -0.341 e. The molecule has 3 aromatic carbocycles. The van der Waals surface area contributed by atoms with Crippen molar-refractivity contribution in [1.82, 2.24) is 0 Å². The molecule has 0 radical (unpaired) electrons. The Morgan fingerprint density at radius 3 is 2.22 bits per heavy atom. The van der Waals surface area contributed by atoms with Crippen molar-refractivity contribution in [2.24, 2.45) is 0 Å². The van der Waals surface area contributed by atoms with E-state index >= 15 is 0 Å². The first-order chi connectivity index (χ1) is 11.2. The number of halogens is 1. The van der Waals surface area contributed by atoms with Gasteiger partial charge in [0.1, 0.15) is 5.82 Å². The largest absolute Gasteiger partial charge is 0.341 e. The normalized spacial score (nSPS) is 11.3. The molecule has 0 aliphatic rings. The summed E-state index contributed by atoms with van der Waals surface area (Å²) in [5, 5.41) is 2.50. The van der Waals surface area contributed by atoms with Crippen LogP contribution in [-0.2, 0) is 0 Å². The minimum absolute atomic E-state index is 0.204. The highest BCUT2D eigenvalue weighted by Crippen LogP contribution is 2.42. The molecule has 0 aliphatic heterocycles. The maximum absolute atomic E-state index is 14.2. The van der Waals surface area contributed by atoms with Gasteiger partial charge in [0.25, 0.3) is 0 Å². The van der Waals surface area contributed by atoms with E-state index in [1.54, 1.807) is 17.4 Å². The summed E-state index contributed by atoms with van der Waals surface area (Å²) < 4.78 is 16.7. The van der Waals surface area contributed by atoms with Crippen LogP contribution in [0.25, 0.3) is 20.2 Å². The van der Waals surface area contributed by atoms with E-state index in [0.29, 0.717) is 5.69 Å². The van der Waals surface area contributed by atoms with E-state index in [0.717, 1.165) is 5.69 Å². The van der Waals surface area contributed by atoms with Gasteiger partial charge in [0.05, 0.1) is 16.1 Å². The summed E-state index contributed by atoms with van der Waals surface area (Å²) in [6, 6.07) is 19.5. The number of hydrogen-bond acceptors (Lipinski definition) is 2. The molecule has 23 heavy (non-hydrogen) atoms. The predicted octanol–water partition coefficient (Wildman–Crippen LogP) is 6.27. The quantitative estimate of drug-likeness (QED) is 0.420. The molecule has 3 heteroatoms. The Hall–Kier alpha value is -2.39. The molecule has 0 aliphatic carbocycles. The average Bonchev–Trinajstić information content (AvgIpc) is 2.95. The summed E-state index contributed by atoms with van der Waals surface area (Å²) in [4.78, 5) is 1.93. The van der Waals surface area contributed by atoms with Crippen molar-refractivity contribution >= 4 is 42.9 Å². The van der Waals surface area contributed by atoms with E-state index in [2.05, 4.69) is 37.3 Å². The van der Waals surface area contributed by atoms with Crippen LogP contribution in [0.5, 0.6) is 0 Å². The minimum atomic E-state index is -0.204. The second-order valence-corrected chi connectivity index (χ2v) is 6.74. The number of hydrogen-bond donors (Lipinski definition) is 0. The SMILES string of the molecule is Cc1cccc2c1sc1c(N(C)c3ccccc3F)cccc12. The van der Waals surface area contributed by atoms with Crippen LogP contribution in [0.3, 0.4) is 0 Å². The molecule has 0 amide bonds. The van der Waals surface area contributed by atoms with E-state index in [4.69, 9.17) is 0 Å². The third kappa shape index (κ3) is 2.20. The van der Waals surface area contributed by atoms with Crippen LogP contribution in [0.1, 0.15) is 5.56 Å². The van der Waals surface area contributed by atoms with E-state index in [-0.39, 0.29) is 5.82 Å². The number of rotatable bonds is 2. The fraction of sp³-hybridized carbons (Fsp3) is 0.100. The highest BCUT2D eigenvalue weighted by atomic mass is 32.1. The number of aryl methyl sites for hydroxylation is 1. The summed E-state index contributed by atoms with van der Waals surface area (Å²) in [5.74, 6) is -0.204. The monoisotopic (exact) mass is 321 g/mol. The van der Waals surface area contributed by atoms with Crippen LogP contribution in [0.2, 0.25) is 0 Å². The fourth-order valence-corrected chi connectivity index (χ4v) is 4.38. The van der Waals surface area contributed by atoms with Crippen molar-refractivity contribution < 1.29 is 4.39 Å². The van der Waals surface area contributed by atoms with E-state index in [1.807, 2.05) is 30.1 Å². The summed E-state index contributed by atoms with van der Waals surface area (Å²) in [6.07, 6.45) is 0. The number of thiophene rings is 1. The standard InChI is InChI=1S/C20H16FNS/c1-13-7-5-8-14-15-9-6-12-18(20(15)23-19(13)14)22(2)17-11-4-3-10-16(17)21/h3-12H,1-2H3. The zero-order valence-electron chi connectivity index (χ0n) is 13.0. The molecule has 0 fully saturated rings. The number of para-hydroxylation sites is 1. The molecule has 0 spiro atoms. The summed E-state index contributed by atoms with van der Waals surface area (Å²) in [6.45, 7) is 2.14. The smallest absolute Gasteiger partial charge is 0.146 e. The van der Waals surface area contributed by atoms with Gasteiger partial charge in [-0.2, -0.15) is 0 Å². The first-order valence-corrected chi connectivity index (χ1v) is 8.37. The molecule has 0 N–H and O–H groups in total. The number of anilines is 2. The van der Waals surface area contributed by atoms with Gasteiger partial charge >= 0.3 is 0 Å². The molecule has 1 heterocycles. The molecule has 0 unspecified atom stereocenters. The van der Waals surface area contributed by atoms with Crippen molar-refractivity contribution in [3.63, 3.8) is 0 Å². The highest BCUT2D eigenvalue weighted by molar-refractivity contribution is 7.26. The molecular weight excluding hydrogens is 305 g/mol. The lowest BCUT2D eigenvalue weighted by molar-refractivity contribution is 0.628. The Morgan fingerprint density at radius 2 is 1.43 bits per heavy atom. The molecular formula is C20H16FNS. The molecule has 1 aromatic heterocycles. The molecule has 0 saturated carbocycles. The van der Waals surface area contributed by atoms with Gasteiger partial charge in [0.15, 0.2) is 0 Å². The number of fused-ring (bicyclic) bond motifs is 3. The predicted molar refractivity (Wildman–Crippen MR) is 98.5 cm³/mol. The number of benzene rings is 3. The zero-order valence-corrected chi connectivity index (χ0v) is 13.8. The Bertz CT molecular complexity index is 1020. The third-order valence-electron chi connectivity index (χ3n) is 4.28. The first-order valence-electron chi connectivity index (χ1n) is 7.56. The fourth-order valence-electron chi connectivity index (χ4n) is 3.06. The van der Waals surface area contributed by atoms with Gasteiger partial charge in [-0.25, -0.2) is 4.39 Å². The molecule has 1 nitrogen and oxygen atoms in total. The van der Waals surface area contributed by atoms with E-state index < -0.39 is 0 Å². The maximum atomic E-state index is 14.2. The van der Waals surface area contributed by atoms with E-state index in [1.165, 1.54) is 31.8 Å². The summed E-state index contributed by atoms with van der Waals surface area (Å²) >= 11 is 1.78. The Labute approximate surface area is 138 Å².